The molecule has 2 fully saturated rings. The molecule has 2 aliphatic rings. The van der Waals surface area contributed by atoms with Gasteiger partial charge in [-0.25, -0.2) is 0 Å². The fourth-order valence-electron chi connectivity index (χ4n) is 4.40. The lowest BCUT2D eigenvalue weighted by Crippen LogP contribution is -2.61. The minimum atomic E-state index is 0.113. The Kier molecular flexibility index (Phi) is 6.27. The molecule has 3 unspecified atom stereocenters. The molecule has 24 heavy (non-hydrogen) atoms. The summed E-state index contributed by atoms with van der Waals surface area (Å²) in [5, 5.41) is 6.82. The summed E-state index contributed by atoms with van der Waals surface area (Å²) in [4.78, 5) is 14.4. The smallest absolute Gasteiger partial charge is 0.217 e. The molecule has 0 spiro atoms. The van der Waals surface area contributed by atoms with E-state index in [0.717, 1.165) is 32.5 Å². The van der Waals surface area contributed by atoms with Gasteiger partial charge in [-0.15, -0.1) is 0 Å². The molecular weight excluding hydrogens is 298 g/mol. The second-order valence-corrected chi connectivity index (χ2v) is 7.30. The highest BCUT2D eigenvalue weighted by molar-refractivity contribution is 5.73. The Hall–Kier alpha value is -1.39. The first-order valence-electron chi connectivity index (χ1n) is 9.51. The number of piperazine rings is 1. The molecule has 1 aromatic carbocycles. The van der Waals surface area contributed by atoms with Crippen LogP contribution >= 0.6 is 0 Å². The van der Waals surface area contributed by atoms with Crippen molar-refractivity contribution in [2.45, 2.75) is 63.6 Å². The summed E-state index contributed by atoms with van der Waals surface area (Å²) in [5.74, 6) is 0.113. The minimum absolute atomic E-state index is 0.113. The zero-order valence-electron chi connectivity index (χ0n) is 14.8. The maximum Gasteiger partial charge on any atom is 0.217 e. The maximum atomic E-state index is 11.7. The molecule has 4 nitrogen and oxygen atoms in total. The SMILES string of the molecule is CC(=O)NC1CCCCCC1N1CCNCC1Cc1ccccc1. The monoisotopic (exact) mass is 329 g/mol. The molecular formula is C20H31N3O. The fraction of sp³-hybridized carbons (Fsp3) is 0.650. The zero-order valence-corrected chi connectivity index (χ0v) is 14.8. The number of nitrogens with zero attached hydrogens (tertiary/aromatic N) is 1. The highest BCUT2D eigenvalue weighted by Crippen LogP contribution is 2.26. The molecule has 132 valence electrons. The molecule has 0 bridgehead atoms. The van der Waals surface area contributed by atoms with Crippen molar-refractivity contribution in [2.24, 2.45) is 0 Å². The second-order valence-electron chi connectivity index (χ2n) is 7.30. The van der Waals surface area contributed by atoms with Crippen LogP contribution in [-0.4, -0.2) is 48.6 Å². The van der Waals surface area contributed by atoms with Gasteiger partial charge in [-0.1, -0.05) is 49.6 Å². The molecule has 1 aliphatic heterocycles. The Bertz CT molecular complexity index is 519. The van der Waals surface area contributed by atoms with E-state index < -0.39 is 0 Å². The normalized spacial score (nSPS) is 29.0. The third-order valence-corrected chi connectivity index (χ3v) is 5.50. The quantitative estimate of drug-likeness (QED) is 0.834. The predicted octanol–water partition coefficient (Wildman–Crippen LogP) is 2.34. The van der Waals surface area contributed by atoms with E-state index in [1.165, 1.54) is 31.2 Å². The van der Waals surface area contributed by atoms with Crippen LogP contribution in [0.3, 0.4) is 0 Å². The Balaban J connectivity index is 1.75. The van der Waals surface area contributed by atoms with Crippen molar-refractivity contribution >= 4 is 5.91 Å². The van der Waals surface area contributed by atoms with E-state index in [9.17, 15) is 4.79 Å². The van der Waals surface area contributed by atoms with Crippen LogP contribution in [0.4, 0.5) is 0 Å². The molecule has 1 amide bonds. The number of nitrogens with one attached hydrogen (secondary N) is 2. The molecule has 1 saturated heterocycles. The number of hydrogen-bond donors (Lipinski definition) is 2. The van der Waals surface area contributed by atoms with Crippen molar-refractivity contribution in [1.29, 1.82) is 0 Å². The van der Waals surface area contributed by atoms with Gasteiger partial charge >= 0.3 is 0 Å². The van der Waals surface area contributed by atoms with Gasteiger partial charge in [0, 0.05) is 44.7 Å². The maximum absolute atomic E-state index is 11.7. The first-order valence-corrected chi connectivity index (χ1v) is 9.51. The van der Waals surface area contributed by atoms with Crippen molar-refractivity contribution in [3.8, 4) is 0 Å². The van der Waals surface area contributed by atoms with Crippen molar-refractivity contribution in [3.05, 3.63) is 35.9 Å². The Labute approximate surface area is 146 Å². The van der Waals surface area contributed by atoms with Crippen molar-refractivity contribution < 1.29 is 4.79 Å². The number of amides is 1. The number of carbonyl (C=O) groups is 1. The molecule has 0 aromatic heterocycles. The molecule has 3 atom stereocenters. The Morgan fingerprint density at radius 1 is 1.21 bits per heavy atom. The Morgan fingerprint density at radius 3 is 2.79 bits per heavy atom. The van der Waals surface area contributed by atoms with Gasteiger partial charge in [0.05, 0.1) is 0 Å². The predicted molar refractivity (Wildman–Crippen MR) is 98.0 cm³/mol. The average molecular weight is 329 g/mol. The summed E-state index contributed by atoms with van der Waals surface area (Å²) in [5.41, 5.74) is 1.40. The van der Waals surface area contributed by atoms with E-state index in [0.29, 0.717) is 18.1 Å². The lowest BCUT2D eigenvalue weighted by Gasteiger charge is -2.44. The largest absolute Gasteiger partial charge is 0.352 e. The number of benzene rings is 1. The summed E-state index contributed by atoms with van der Waals surface area (Å²) >= 11 is 0. The van der Waals surface area contributed by atoms with E-state index in [2.05, 4.69) is 45.9 Å². The highest BCUT2D eigenvalue weighted by atomic mass is 16.1. The molecule has 1 heterocycles. The Morgan fingerprint density at radius 2 is 2.00 bits per heavy atom. The minimum Gasteiger partial charge on any atom is -0.352 e. The van der Waals surface area contributed by atoms with Gasteiger partial charge in [-0.2, -0.15) is 0 Å². The van der Waals surface area contributed by atoms with Gasteiger partial charge in [0.25, 0.3) is 0 Å². The molecule has 3 rings (SSSR count). The summed E-state index contributed by atoms with van der Waals surface area (Å²) in [6, 6.07) is 12.1. The van der Waals surface area contributed by atoms with Crippen molar-refractivity contribution in [2.75, 3.05) is 19.6 Å². The van der Waals surface area contributed by atoms with Crippen LogP contribution in [0.2, 0.25) is 0 Å². The standard InChI is InChI=1S/C20H31N3O/c1-16(24)22-19-10-6-3-7-11-20(19)23-13-12-21-15-18(23)14-17-8-4-2-5-9-17/h2,4-5,8-9,18-21H,3,6-7,10-15H2,1H3,(H,22,24). The van der Waals surface area contributed by atoms with Crippen LogP contribution in [-0.2, 0) is 11.2 Å². The molecule has 2 N–H and O–H groups in total. The topological polar surface area (TPSA) is 44.4 Å². The lowest BCUT2D eigenvalue weighted by molar-refractivity contribution is -0.120. The first kappa shape index (κ1) is 17.4. The number of carbonyl (C=O) groups excluding carboxylic acids is 1. The molecule has 0 radical (unpaired) electrons. The summed E-state index contributed by atoms with van der Waals surface area (Å²) in [6.07, 6.45) is 7.21. The van der Waals surface area contributed by atoms with Crippen LogP contribution < -0.4 is 10.6 Å². The van der Waals surface area contributed by atoms with Gasteiger partial charge in [-0.05, 0) is 24.8 Å². The summed E-state index contributed by atoms with van der Waals surface area (Å²) < 4.78 is 0. The zero-order chi connectivity index (χ0) is 16.8. The second kappa shape index (κ2) is 8.63. The van der Waals surface area contributed by atoms with Crippen LogP contribution in [0.25, 0.3) is 0 Å². The molecule has 1 aliphatic carbocycles. The number of rotatable bonds is 4. The summed E-state index contributed by atoms with van der Waals surface area (Å²) in [7, 11) is 0. The number of hydrogen-bond acceptors (Lipinski definition) is 3. The average Bonchev–Trinajstić information content (AvgIpc) is 2.81. The fourth-order valence-corrected chi connectivity index (χ4v) is 4.40. The van der Waals surface area contributed by atoms with E-state index >= 15 is 0 Å². The lowest BCUT2D eigenvalue weighted by atomic mass is 9.95. The van der Waals surface area contributed by atoms with E-state index in [4.69, 9.17) is 0 Å². The first-order chi connectivity index (χ1) is 11.7. The van der Waals surface area contributed by atoms with Gasteiger partial charge in [0.15, 0.2) is 0 Å². The summed E-state index contributed by atoms with van der Waals surface area (Å²) in [6.45, 7) is 4.83. The van der Waals surface area contributed by atoms with Crippen LogP contribution in [0, 0.1) is 0 Å². The highest BCUT2D eigenvalue weighted by Gasteiger charge is 2.34. The third-order valence-electron chi connectivity index (χ3n) is 5.50. The van der Waals surface area contributed by atoms with Crippen molar-refractivity contribution in [3.63, 3.8) is 0 Å². The van der Waals surface area contributed by atoms with Gasteiger partial charge in [0.2, 0.25) is 5.91 Å². The van der Waals surface area contributed by atoms with Crippen LogP contribution in [0.5, 0.6) is 0 Å². The van der Waals surface area contributed by atoms with Crippen molar-refractivity contribution in [1.82, 2.24) is 15.5 Å². The van der Waals surface area contributed by atoms with Gasteiger partial charge < -0.3 is 10.6 Å². The molecule has 1 saturated carbocycles. The van der Waals surface area contributed by atoms with E-state index in [1.54, 1.807) is 6.92 Å². The van der Waals surface area contributed by atoms with Gasteiger partial charge in [0.1, 0.15) is 0 Å². The molecule has 4 heteroatoms. The molecule has 1 aromatic rings. The van der Waals surface area contributed by atoms with Crippen LogP contribution in [0.1, 0.15) is 44.6 Å². The third kappa shape index (κ3) is 4.58. The van der Waals surface area contributed by atoms with E-state index in [-0.39, 0.29) is 5.91 Å². The van der Waals surface area contributed by atoms with Gasteiger partial charge in [-0.3, -0.25) is 9.69 Å². The van der Waals surface area contributed by atoms with E-state index in [1.807, 2.05) is 0 Å². The van der Waals surface area contributed by atoms with Crippen LogP contribution in [0.15, 0.2) is 30.3 Å².